The molecule has 0 atom stereocenters. The molecule has 0 radical (unpaired) electrons. The van der Waals surface area contributed by atoms with Gasteiger partial charge < -0.3 is 19.9 Å². The lowest BCUT2D eigenvalue weighted by Gasteiger charge is -2.19. The first kappa shape index (κ1) is 15.1. The van der Waals surface area contributed by atoms with Crippen LogP contribution in [0.3, 0.4) is 0 Å². The highest BCUT2D eigenvalue weighted by atomic mass is 16.5. The number of H-pyrrole nitrogens is 1. The second kappa shape index (κ2) is 5.99. The molecule has 0 unspecified atom stereocenters. The smallest absolute Gasteiger partial charge is 0.339 e. The van der Waals surface area contributed by atoms with Gasteiger partial charge in [-0.3, -0.25) is 9.59 Å². The van der Waals surface area contributed by atoms with Crippen LogP contribution >= 0.6 is 0 Å². The number of nitrogens with one attached hydrogen (secondary N) is 2. The van der Waals surface area contributed by atoms with Crippen molar-refractivity contribution in [3.8, 4) is 0 Å². The second-order valence-electron chi connectivity index (χ2n) is 5.01. The lowest BCUT2D eigenvalue weighted by Crippen LogP contribution is -2.34. The average Bonchev–Trinajstić information content (AvgIpc) is 2.63. The van der Waals surface area contributed by atoms with E-state index < -0.39 is 5.97 Å². The maximum Gasteiger partial charge on any atom is 0.339 e. The minimum atomic E-state index is -0.465. The quantitative estimate of drug-likeness (QED) is 0.771. The number of carbonyl (C=O) groups excluding carboxylic acids is 3. The molecular formula is C14H19N3O4. The van der Waals surface area contributed by atoms with Crippen molar-refractivity contribution in [2.45, 2.75) is 20.3 Å². The van der Waals surface area contributed by atoms with Crippen LogP contribution < -0.4 is 5.32 Å². The summed E-state index contributed by atoms with van der Waals surface area (Å²) in [6.45, 7) is 4.70. The van der Waals surface area contributed by atoms with Gasteiger partial charge in [-0.15, -0.1) is 0 Å². The number of hydrogen-bond acceptors (Lipinski definition) is 4. The predicted molar refractivity (Wildman–Crippen MR) is 75.1 cm³/mol. The number of carbonyl (C=O) groups is 3. The molecule has 0 saturated carbocycles. The number of ether oxygens (including phenoxy) is 1. The molecule has 21 heavy (non-hydrogen) atoms. The van der Waals surface area contributed by atoms with Gasteiger partial charge in [0.15, 0.2) is 0 Å². The van der Waals surface area contributed by atoms with Crippen molar-refractivity contribution in [3.05, 3.63) is 22.5 Å². The highest BCUT2D eigenvalue weighted by Crippen LogP contribution is 2.20. The predicted octanol–water partition coefficient (Wildman–Crippen LogP) is 0.380. The molecule has 1 aromatic heterocycles. The second-order valence-corrected chi connectivity index (χ2v) is 5.01. The summed E-state index contributed by atoms with van der Waals surface area (Å²) in [5, 5.41) is 2.72. The van der Waals surface area contributed by atoms with Gasteiger partial charge in [-0.2, -0.15) is 0 Å². The number of aryl methyl sites for hydroxylation is 1. The Labute approximate surface area is 122 Å². The highest BCUT2D eigenvalue weighted by Gasteiger charge is 2.26. The van der Waals surface area contributed by atoms with Crippen LogP contribution in [0.25, 0.3) is 0 Å². The molecule has 0 aromatic carbocycles. The van der Waals surface area contributed by atoms with E-state index in [-0.39, 0.29) is 18.2 Å². The van der Waals surface area contributed by atoms with Crippen LogP contribution in [0.4, 0.5) is 0 Å². The average molecular weight is 293 g/mol. The number of aromatic nitrogens is 1. The fourth-order valence-corrected chi connectivity index (χ4v) is 2.50. The summed E-state index contributed by atoms with van der Waals surface area (Å²) in [4.78, 5) is 40.2. The molecule has 1 aliphatic rings. The summed E-state index contributed by atoms with van der Waals surface area (Å²) in [6, 6.07) is 0. The molecule has 114 valence electrons. The van der Waals surface area contributed by atoms with Gasteiger partial charge in [0.05, 0.1) is 12.7 Å². The van der Waals surface area contributed by atoms with Gasteiger partial charge in [0.25, 0.3) is 5.91 Å². The first-order valence-corrected chi connectivity index (χ1v) is 6.79. The van der Waals surface area contributed by atoms with E-state index in [0.717, 1.165) is 0 Å². The summed E-state index contributed by atoms with van der Waals surface area (Å²) in [7, 11) is 1.31. The number of nitrogens with zero attached hydrogens (tertiary/aromatic N) is 1. The summed E-state index contributed by atoms with van der Waals surface area (Å²) in [5.74, 6) is -0.727. The van der Waals surface area contributed by atoms with Crippen molar-refractivity contribution >= 4 is 17.8 Å². The molecular weight excluding hydrogens is 274 g/mol. The Hall–Kier alpha value is -2.31. The van der Waals surface area contributed by atoms with E-state index in [1.165, 1.54) is 7.11 Å². The van der Waals surface area contributed by atoms with E-state index in [1.54, 1.807) is 18.7 Å². The molecule has 1 aromatic rings. The number of amides is 2. The van der Waals surface area contributed by atoms with E-state index in [2.05, 4.69) is 10.3 Å². The third-order valence-corrected chi connectivity index (χ3v) is 3.64. The molecule has 2 rings (SSSR count). The lowest BCUT2D eigenvalue weighted by molar-refractivity contribution is -0.120. The first-order chi connectivity index (χ1) is 9.95. The first-order valence-electron chi connectivity index (χ1n) is 6.79. The Morgan fingerprint density at radius 3 is 2.62 bits per heavy atom. The summed E-state index contributed by atoms with van der Waals surface area (Å²) >= 11 is 0. The Morgan fingerprint density at radius 1 is 1.24 bits per heavy atom. The monoisotopic (exact) mass is 293 g/mol. The largest absolute Gasteiger partial charge is 0.465 e. The van der Waals surface area contributed by atoms with Crippen molar-refractivity contribution < 1.29 is 19.1 Å². The summed E-state index contributed by atoms with van der Waals surface area (Å²) in [6.07, 6.45) is 0.286. The molecule has 7 heteroatoms. The van der Waals surface area contributed by atoms with Crippen LogP contribution in [-0.4, -0.2) is 54.4 Å². The zero-order valence-corrected chi connectivity index (χ0v) is 12.4. The molecule has 1 aliphatic heterocycles. The van der Waals surface area contributed by atoms with Gasteiger partial charge in [0.2, 0.25) is 5.91 Å². The van der Waals surface area contributed by atoms with Gasteiger partial charge in [-0.25, -0.2) is 4.79 Å². The summed E-state index contributed by atoms with van der Waals surface area (Å²) in [5.41, 5.74) is 1.95. The number of esters is 1. The molecule has 0 bridgehead atoms. The van der Waals surface area contributed by atoms with Crippen molar-refractivity contribution in [1.29, 1.82) is 0 Å². The van der Waals surface area contributed by atoms with E-state index in [9.17, 15) is 14.4 Å². The van der Waals surface area contributed by atoms with E-state index in [0.29, 0.717) is 42.1 Å². The van der Waals surface area contributed by atoms with Crippen LogP contribution in [0.1, 0.15) is 38.5 Å². The molecule has 2 amide bonds. The SMILES string of the molecule is COC(=O)c1c(C)[nH]c(C(=O)N2CCNC(=O)CC2)c1C. The van der Waals surface area contributed by atoms with Gasteiger partial charge in [0.1, 0.15) is 5.69 Å². The third kappa shape index (κ3) is 2.91. The summed E-state index contributed by atoms with van der Waals surface area (Å²) < 4.78 is 4.73. The third-order valence-electron chi connectivity index (χ3n) is 3.64. The molecule has 0 aliphatic carbocycles. The number of methoxy groups -OCH3 is 1. The minimum absolute atomic E-state index is 0.0556. The highest BCUT2D eigenvalue weighted by molar-refractivity contribution is 6.00. The van der Waals surface area contributed by atoms with E-state index in [1.807, 2.05) is 0 Å². The molecule has 2 heterocycles. The van der Waals surface area contributed by atoms with Gasteiger partial charge >= 0.3 is 5.97 Å². The van der Waals surface area contributed by atoms with Gasteiger partial charge in [-0.05, 0) is 19.4 Å². The Balaban J connectivity index is 2.27. The van der Waals surface area contributed by atoms with Crippen molar-refractivity contribution in [3.63, 3.8) is 0 Å². The topological polar surface area (TPSA) is 91.5 Å². The molecule has 7 nitrogen and oxygen atoms in total. The molecule has 2 N–H and O–H groups in total. The van der Waals surface area contributed by atoms with Crippen LogP contribution in [0.5, 0.6) is 0 Å². The molecule has 1 saturated heterocycles. The fraction of sp³-hybridized carbons (Fsp3) is 0.500. The zero-order chi connectivity index (χ0) is 15.6. The van der Waals surface area contributed by atoms with Crippen LogP contribution in [0, 0.1) is 13.8 Å². The number of rotatable bonds is 2. The van der Waals surface area contributed by atoms with Gasteiger partial charge in [-0.1, -0.05) is 0 Å². The molecule has 0 spiro atoms. The van der Waals surface area contributed by atoms with Crippen molar-refractivity contribution in [2.75, 3.05) is 26.7 Å². The Kier molecular flexibility index (Phi) is 4.30. The van der Waals surface area contributed by atoms with Crippen LogP contribution in [0.15, 0.2) is 0 Å². The van der Waals surface area contributed by atoms with E-state index in [4.69, 9.17) is 4.74 Å². The number of hydrogen-bond donors (Lipinski definition) is 2. The van der Waals surface area contributed by atoms with Crippen molar-refractivity contribution in [1.82, 2.24) is 15.2 Å². The van der Waals surface area contributed by atoms with E-state index >= 15 is 0 Å². The van der Waals surface area contributed by atoms with Crippen LogP contribution in [0.2, 0.25) is 0 Å². The lowest BCUT2D eigenvalue weighted by atomic mass is 10.1. The normalized spacial score (nSPS) is 15.4. The van der Waals surface area contributed by atoms with Crippen LogP contribution in [-0.2, 0) is 9.53 Å². The Morgan fingerprint density at radius 2 is 1.95 bits per heavy atom. The van der Waals surface area contributed by atoms with Crippen molar-refractivity contribution in [2.24, 2.45) is 0 Å². The number of aromatic amines is 1. The standard InChI is InChI=1S/C14H19N3O4/c1-8-11(14(20)21-3)9(2)16-12(8)13(19)17-6-4-10(18)15-5-7-17/h16H,4-7H2,1-3H3,(H,15,18). The Bertz CT molecular complexity index is 591. The maximum atomic E-state index is 12.6. The molecule has 1 fully saturated rings. The zero-order valence-electron chi connectivity index (χ0n) is 12.4. The minimum Gasteiger partial charge on any atom is -0.465 e. The maximum absolute atomic E-state index is 12.6. The van der Waals surface area contributed by atoms with Gasteiger partial charge in [0, 0.05) is 31.7 Å². The fourth-order valence-electron chi connectivity index (χ4n) is 2.50.